The van der Waals surface area contributed by atoms with Crippen molar-refractivity contribution in [3.8, 4) is 5.69 Å². The lowest BCUT2D eigenvalue weighted by Gasteiger charge is -2.26. The minimum absolute atomic E-state index is 0.0878. The standard InChI is InChI=1S/C19H26N4O4S2/c1-15-3-4-16(2)17(13-15)23-7-5-21-19(23)28-14-18(24)20-6-12-29(25,26)22-8-10-27-11-9-22/h3-5,7,13H,6,8-12,14H2,1-2H3,(H,20,24). The minimum Gasteiger partial charge on any atom is -0.379 e. The van der Waals surface area contributed by atoms with Gasteiger partial charge in [0.05, 0.1) is 30.4 Å². The molecule has 1 aliphatic rings. The molecule has 29 heavy (non-hydrogen) atoms. The first-order valence-corrected chi connectivity index (χ1v) is 12.0. The van der Waals surface area contributed by atoms with Crippen molar-refractivity contribution in [1.29, 1.82) is 0 Å². The molecule has 2 aromatic rings. The van der Waals surface area contributed by atoms with Crippen LogP contribution < -0.4 is 5.32 Å². The van der Waals surface area contributed by atoms with Crippen LogP contribution in [-0.4, -0.2) is 72.5 Å². The molecule has 1 amide bonds. The Morgan fingerprint density at radius 2 is 2.03 bits per heavy atom. The summed E-state index contributed by atoms with van der Waals surface area (Å²) in [6.07, 6.45) is 3.58. The fourth-order valence-corrected chi connectivity index (χ4v) is 5.13. The van der Waals surface area contributed by atoms with E-state index in [0.717, 1.165) is 22.0 Å². The number of carbonyl (C=O) groups excluding carboxylic acids is 1. The molecular weight excluding hydrogens is 412 g/mol. The molecule has 1 aromatic heterocycles. The van der Waals surface area contributed by atoms with Crippen molar-refractivity contribution >= 4 is 27.7 Å². The molecule has 1 saturated heterocycles. The van der Waals surface area contributed by atoms with Gasteiger partial charge in [-0.3, -0.25) is 9.36 Å². The molecular formula is C19H26N4O4S2. The van der Waals surface area contributed by atoms with Crippen LogP contribution in [0.25, 0.3) is 5.69 Å². The third-order valence-corrected chi connectivity index (χ3v) is 7.45. The lowest BCUT2D eigenvalue weighted by molar-refractivity contribution is -0.118. The molecule has 0 saturated carbocycles. The zero-order chi connectivity index (χ0) is 20.9. The van der Waals surface area contributed by atoms with E-state index in [2.05, 4.69) is 28.5 Å². The van der Waals surface area contributed by atoms with Crippen molar-refractivity contribution in [2.75, 3.05) is 44.4 Å². The summed E-state index contributed by atoms with van der Waals surface area (Å²) in [4.78, 5) is 16.5. The molecule has 0 atom stereocenters. The molecule has 0 bridgehead atoms. The maximum Gasteiger partial charge on any atom is 0.230 e. The van der Waals surface area contributed by atoms with Gasteiger partial charge in [0, 0.05) is 32.0 Å². The van der Waals surface area contributed by atoms with Gasteiger partial charge in [-0.15, -0.1) is 0 Å². The van der Waals surface area contributed by atoms with E-state index in [9.17, 15) is 13.2 Å². The second-order valence-electron chi connectivity index (χ2n) is 6.84. The van der Waals surface area contributed by atoms with Gasteiger partial charge in [0.2, 0.25) is 15.9 Å². The monoisotopic (exact) mass is 438 g/mol. The number of imidazole rings is 1. The Morgan fingerprint density at radius 1 is 1.28 bits per heavy atom. The van der Waals surface area contributed by atoms with Crippen LogP contribution >= 0.6 is 11.8 Å². The summed E-state index contributed by atoms with van der Waals surface area (Å²) in [5, 5.41) is 3.40. The molecule has 1 aromatic carbocycles. The number of aryl methyl sites for hydroxylation is 2. The second-order valence-corrected chi connectivity index (χ2v) is 9.87. The molecule has 1 fully saturated rings. The third-order valence-electron chi connectivity index (χ3n) is 4.61. The van der Waals surface area contributed by atoms with E-state index in [1.807, 2.05) is 24.6 Å². The van der Waals surface area contributed by atoms with Gasteiger partial charge >= 0.3 is 0 Å². The van der Waals surface area contributed by atoms with Crippen molar-refractivity contribution in [1.82, 2.24) is 19.2 Å². The lowest BCUT2D eigenvalue weighted by atomic mass is 10.1. The van der Waals surface area contributed by atoms with Gasteiger partial charge in [-0.2, -0.15) is 4.31 Å². The number of nitrogens with zero attached hydrogens (tertiary/aromatic N) is 3. The van der Waals surface area contributed by atoms with Crippen molar-refractivity contribution < 1.29 is 17.9 Å². The van der Waals surface area contributed by atoms with Gasteiger partial charge < -0.3 is 10.1 Å². The Kier molecular flexibility index (Phi) is 7.33. The summed E-state index contributed by atoms with van der Waals surface area (Å²) < 4.78 is 33.1. The normalized spacial score (nSPS) is 15.4. The Hall–Kier alpha value is -1.88. The summed E-state index contributed by atoms with van der Waals surface area (Å²) in [5.41, 5.74) is 3.30. The van der Waals surface area contributed by atoms with Gasteiger partial charge in [-0.25, -0.2) is 13.4 Å². The number of aromatic nitrogens is 2. The smallest absolute Gasteiger partial charge is 0.230 e. The predicted octanol–water partition coefficient (Wildman–Crippen LogP) is 1.36. The molecule has 158 valence electrons. The highest BCUT2D eigenvalue weighted by atomic mass is 32.2. The number of thioether (sulfide) groups is 1. The maximum absolute atomic E-state index is 12.3. The van der Waals surface area contributed by atoms with E-state index in [0.29, 0.717) is 26.3 Å². The Balaban J connectivity index is 1.50. The minimum atomic E-state index is -3.37. The largest absolute Gasteiger partial charge is 0.379 e. The molecule has 1 aliphatic heterocycles. The quantitative estimate of drug-likeness (QED) is 0.626. The number of benzene rings is 1. The summed E-state index contributed by atoms with van der Waals surface area (Å²) in [7, 11) is -3.37. The second kappa shape index (κ2) is 9.75. The average molecular weight is 439 g/mol. The van der Waals surface area contributed by atoms with Crippen LogP contribution in [0.1, 0.15) is 11.1 Å². The summed E-state index contributed by atoms with van der Waals surface area (Å²) in [6.45, 7) is 5.71. The van der Waals surface area contributed by atoms with Gasteiger partial charge in [0.15, 0.2) is 5.16 Å². The lowest BCUT2D eigenvalue weighted by Crippen LogP contribution is -2.43. The van der Waals surface area contributed by atoms with Crippen LogP contribution in [-0.2, 0) is 19.6 Å². The van der Waals surface area contributed by atoms with Crippen molar-refractivity contribution in [2.24, 2.45) is 0 Å². The molecule has 0 unspecified atom stereocenters. The van der Waals surface area contributed by atoms with Gasteiger partial charge in [0.1, 0.15) is 0 Å². The van der Waals surface area contributed by atoms with Crippen LogP contribution in [0.3, 0.4) is 0 Å². The van der Waals surface area contributed by atoms with Crippen LogP contribution in [0.5, 0.6) is 0 Å². The molecule has 10 heteroatoms. The van der Waals surface area contributed by atoms with E-state index >= 15 is 0 Å². The first kappa shape index (κ1) is 21.8. The van der Waals surface area contributed by atoms with Gasteiger partial charge in [0.25, 0.3) is 0 Å². The first-order valence-electron chi connectivity index (χ1n) is 9.43. The number of ether oxygens (including phenoxy) is 1. The van der Waals surface area contributed by atoms with Crippen molar-refractivity contribution in [2.45, 2.75) is 19.0 Å². The molecule has 0 spiro atoms. The SMILES string of the molecule is Cc1ccc(C)c(-n2ccnc2SCC(=O)NCCS(=O)(=O)N2CCOCC2)c1. The molecule has 1 N–H and O–H groups in total. The third kappa shape index (κ3) is 5.81. The number of hydrogen-bond donors (Lipinski definition) is 1. The fourth-order valence-electron chi connectivity index (χ4n) is 3.01. The predicted molar refractivity (Wildman–Crippen MR) is 113 cm³/mol. The van der Waals surface area contributed by atoms with E-state index in [1.165, 1.54) is 16.1 Å². The van der Waals surface area contributed by atoms with E-state index in [1.54, 1.807) is 6.20 Å². The zero-order valence-corrected chi connectivity index (χ0v) is 18.3. The number of carbonyl (C=O) groups is 1. The van der Waals surface area contributed by atoms with E-state index in [4.69, 9.17) is 4.74 Å². The van der Waals surface area contributed by atoms with Crippen LogP contribution in [0, 0.1) is 13.8 Å². The Bertz CT molecular complexity index is 953. The van der Waals surface area contributed by atoms with Gasteiger partial charge in [-0.05, 0) is 31.0 Å². The number of nitrogens with one attached hydrogen (secondary N) is 1. The molecule has 2 heterocycles. The highest BCUT2D eigenvalue weighted by Gasteiger charge is 2.24. The van der Waals surface area contributed by atoms with Crippen LogP contribution in [0.4, 0.5) is 0 Å². The average Bonchev–Trinajstić information content (AvgIpc) is 3.17. The summed E-state index contributed by atoms with van der Waals surface area (Å²) in [5.74, 6) is -0.164. The maximum atomic E-state index is 12.3. The topological polar surface area (TPSA) is 93.5 Å². The highest BCUT2D eigenvalue weighted by Crippen LogP contribution is 2.23. The van der Waals surface area contributed by atoms with E-state index in [-0.39, 0.29) is 24.0 Å². The number of rotatable bonds is 8. The number of morpholine rings is 1. The molecule has 0 radical (unpaired) electrons. The fraction of sp³-hybridized carbons (Fsp3) is 0.474. The number of sulfonamides is 1. The molecule has 0 aliphatic carbocycles. The Morgan fingerprint density at radius 3 is 2.79 bits per heavy atom. The number of amides is 1. The van der Waals surface area contributed by atoms with Crippen molar-refractivity contribution in [3.05, 3.63) is 41.7 Å². The molecule has 3 rings (SSSR count). The zero-order valence-electron chi connectivity index (χ0n) is 16.6. The van der Waals surface area contributed by atoms with Gasteiger partial charge in [-0.1, -0.05) is 23.9 Å². The highest BCUT2D eigenvalue weighted by molar-refractivity contribution is 7.99. The van der Waals surface area contributed by atoms with E-state index < -0.39 is 10.0 Å². The first-order chi connectivity index (χ1) is 13.9. The Labute approximate surface area is 175 Å². The van der Waals surface area contributed by atoms with Crippen LogP contribution in [0.2, 0.25) is 0 Å². The summed E-state index contributed by atoms with van der Waals surface area (Å²) in [6, 6.07) is 6.19. The van der Waals surface area contributed by atoms with Crippen LogP contribution in [0.15, 0.2) is 35.7 Å². The summed E-state index contributed by atoms with van der Waals surface area (Å²) >= 11 is 1.32. The number of hydrogen-bond acceptors (Lipinski definition) is 6. The molecule has 8 nitrogen and oxygen atoms in total. The van der Waals surface area contributed by atoms with Crippen molar-refractivity contribution in [3.63, 3.8) is 0 Å².